The average Bonchev–Trinajstić information content (AvgIpc) is 2.94. The van der Waals surface area contributed by atoms with Crippen molar-refractivity contribution in [3.05, 3.63) is 53.7 Å². The van der Waals surface area contributed by atoms with Gasteiger partial charge in [0.2, 0.25) is 5.89 Å². The second kappa shape index (κ2) is 3.32. The first-order valence-electron chi connectivity index (χ1n) is 6.12. The van der Waals surface area contributed by atoms with E-state index in [2.05, 4.69) is 4.98 Å². The summed E-state index contributed by atoms with van der Waals surface area (Å²) in [6.07, 6.45) is 4.42. The number of carbonyl (C=O) groups excluding carboxylic acids is 2. The number of imide groups is 1. The van der Waals surface area contributed by atoms with Crippen LogP contribution in [0.4, 0.5) is 0 Å². The molecule has 5 nitrogen and oxygen atoms in total. The van der Waals surface area contributed by atoms with E-state index < -0.39 is 5.54 Å². The highest BCUT2D eigenvalue weighted by atomic mass is 16.3. The fraction of sp³-hybridized carbons (Fsp3) is 0.214. The van der Waals surface area contributed by atoms with Gasteiger partial charge in [0.15, 0.2) is 0 Å². The lowest BCUT2D eigenvalue weighted by atomic mass is 10.1. The lowest BCUT2D eigenvalue weighted by Gasteiger charge is -2.22. The van der Waals surface area contributed by atoms with E-state index >= 15 is 0 Å². The van der Waals surface area contributed by atoms with Gasteiger partial charge in [0.25, 0.3) is 11.8 Å². The minimum Gasteiger partial charge on any atom is -0.446 e. The van der Waals surface area contributed by atoms with Crippen molar-refractivity contribution in [2.75, 3.05) is 0 Å². The maximum Gasteiger partial charge on any atom is 0.262 e. The molecule has 1 aromatic heterocycles. The molecule has 0 spiro atoms. The molecule has 0 radical (unpaired) electrons. The van der Waals surface area contributed by atoms with Gasteiger partial charge in [-0.2, -0.15) is 0 Å². The number of nitrogens with zero attached hydrogens (tertiary/aromatic N) is 2. The molecule has 4 rings (SSSR count). The Bertz CT molecular complexity index is 651. The van der Waals surface area contributed by atoms with E-state index in [-0.39, 0.29) is 11.8 Å². The summed E-state index contributed by atoms with van der Waals surface area (Å²) in [6.45, 7) is 0. The smallest absolute Gasteiger partial charge is 0.262 e. The van der Waals surface area contributed by atoms with Crippen LogP contribution in [0.5, 0.6) is 0 Å². The largest absolute Gasteiger partial charge is 0.446 e. The molecule has 0 bridgehead atoms. The molecule has 2 amide bonds. The first-order valence-corrected chi connectivity index (χ1v) is 6.12. The molecule has 2 aliphatic rings. The Labute approximate surface area is 108 Å². The number of hydrogen-bond donors (Lipinski definition) is 0. The van der Waals surface area contributed by atoms with E-state index in [1.165, 1.54) is 17.4 Å². The zero-order valence-corrected chi connectivity index (χ0v) is 10.00. The molecule has 1 fully saturated rings. The van der Waals surface area contributed by atoms with Crippen molar-refractivity contribution in [2.45, 2.75) is 18.4 Å². The zero-order chi connectivity index (χ0) is 13.0. The number of benzene rings is 1. The summed E-state index contributed by atoms with van der Waals surface area (Å²) in [6, 6.07) is 6.89. The number of fused-ring (bicyclic) bond motifs is 1. The van der Waals surface area contributed by atoms with Gasteiger partial charge in [0.05, 0.1) is 17.3 Å². The van der Waals surface area contributed by atoms with E-state index in [1.807, 2.05) is 0 Å². The fourth-order valence-corrected chi connectivity index (χ4v) is 2.68. The van der Waals surface area contributed by atoms with E-state index in [0.29, 0.717) is 29.9 Å². The van der Waals surface area contributed by atoms with E-state index in [9.17, 15) is 9.59 Å². The maximum absolute atomic E-state index is 12.4. The molecule has 2 aromatic rings. The Morgan fingerprint density at radius 2 is 1.74 bits per heavy atom. The van der Waals surface area contributed by atoms with Gasteiger partial charge in [-0.25, -0.2) is 4.98 Å². The van der Waals surface area contributed by atoms with E-state index in [0.717, 1.165) is 0 Å². The Morgan fingerprint density at radius 1 is 1.11 bits per heavy atom. The second-order valence-corrected chi connectivity index (χ2v) is 4.86. The number of aromatic nitrogens is 1. The molecule has 5 heteroatoms. The van der Waals surface area contributed by atoms with Crippen LogP contribution in [0, 0.1) is 0 Å². The molecule has 94 valence electrons. The first kappa shape index (κ1) is 10.5. The zero-order valence-electron chi connectivity index (χ0n) is 10.00. The Hall–Kier alpha value is -2.43. The average molecular weight is 254 g/mol. The van der Waals surface area contributed by atoms with Crippen LogP contribution in [0.15, 0.2) is 41.1 Å². The lowest BCUT2D eigenvalue weighted by Crippen LogP contribution is -2.40. The predicted molar refractivity (Wildman–Crippen MR) is 64.4 cm³/mol. The van der Waals surface area contributed by atoms with Crippen molar-refractivity contribution in [2.24, 2.45) is 0 Å². The maximum atomic E-state index is 12.4. The Morgan fingerprint density at radius 3 is 2.21 bits per heavy atom. The number of rotatable bonds is 2. The quantitative estimate of drug-likeness (QED) is 0.768. The van der Waals surface area contributed by atoms with Crippen molar-refractivity contribution in [1.82, 2.24) is 9.88 Å². The molecule has 19 heavy (non-hydrogen) atoms. The van der Waals surface area contributed by atoms with E-state index in [1.54, 1.807) is 24.3 Å². The third kappa shape index (κ3) is 1.22. The SMILES string of the molecule is O=C1c2ccccc2C(=O)N1C1(c2ncco2)CC1. The van der Waals surface area contributed by atoms with Crippen LogP contribution in [0.2, 0.25) is 0 Å². The fourth-order valence-electron chi connectivity index (χ4n) is 2.68. The van der Waals surface area contributed by atoms with Crippen LogP contribution >= 0.6 is 0 Å². The Balaban J connectivity index is 1.83. The van der Waals surface area contributed by atoms with E-state index in [4.69, 9.17) is 4.42 Å². The van der Waals surface area contributed by atoms with Crippen molar-refractivity contribution < 1.29 is 14.0 Å². The minimum atomic E-state index is -0.670. The van der Waals surface area contributed by atoms with Crippen LogP contribution in [0.25, 0.3) is 0 Å². The van der Waals surface area contributed by atoms with Gasteiger partial charge in [-0.05, 0) is 25.0 Å². The normalized spacial score (nSPS) is 19.7. The molecule has 0 atom stereocenters. The van der Waals surface area contributed by atoms with Crippen molar-refractivity contribution >= 4 is 11.8 Å². The number of carbonyl (C=O) groups is 2. The van der Waals surface area contributed by atoms with Crippen molar-refractivity contribution in [1.29, 1.82) is 0 Å². The first-order chi connectivity index (χ1) is 9.24. The summed E-state index contributed by atoms with van der Waals surface area (Å²) >= 11 is 0. The summed E-state index contributed by atoms with van der Waals surface area (Å²) in [5.41, 5.74) is 0.257. The van der Waals surface area contributed by atoms with Gasteiger partial charge in [-0.15, -0.1) is 0 Å². The van der Waals surface area contributed by atoms with Crippen molar-refractivity contribution in [3.63, 3.8) is 0 Å². The van der Waals surface area contributed by atoms with Crippen LogP contribution < -0.4 is 0 Å². The van der Waals surface area contributed by atoms with Gasteiger partial charge in [0, 0.05) is 0 Å². The molecule has 0 unspecified atom stereocenters. The lowest BCUT2D eigenvalue weighted by molar-refractivity contribution is 0.0525. The van der Waals surface area contributed by atoms with Gasteiger partial charge < -0.3 is 4.42 Å². The Kier molecular flexibility index (Phi) is 1.83. The molecular formula is C14H10N2O3. The number of amides is 2. The highest BCUT2D eigenvalue weighted by Crippen LogP contribution is 2.52. The van der Waals surface area contributed by atoms with Gasteiger partial charge in [-0.1, -0.05) is 12.1 Å². The molecule has 2 heterocycles. The monoisotopic (exact) mass is 254 g/mol. The summed E-state index contributed by atoms with van der Waals surface area (Å²) in [5, 5.41) is 0. The highest BCUT2D eigenvalue weighted by molar-refractivity contribution is 6.22. The third-order valence-electron chi connectivity index (χ3n) is 3.78. The van der Waals surface area contributed by atoms with Gasteiger partial charge >= 0.3 is 0 Å². The molecule has 0 saturated heterocycles. The minimum absolute atomic E-state index is 0.253. The van der Waals surface area contributed by atoms with Crippen LogP contribution in [-0.2, 0) is 5.54 Å². The predicted octanol–water partition coefficient (Wildman–Crippen LogP) is 1.96. The summed E-state index contributed by atoms with van der Waals surface area (Å²) < 4.78 is 5.31. The number of hydrogen-bond acceptors (Lipinski definition) is 4. The standard InChI is InChI=1S/C14H10N2O3/c17-11-9-3-1-2-4-10(9)12(18)16(11)14(5-6-14)13-15-7-8-19-13/h1-4,7-8H,5-6H2. The topological polar surface area (TPSA) is 63.4 Å². The van der Waals surface area contributed by atoms with Crippen molar-refractivity contribution in [3.8, 4) is 0 Å². The number of oxazole rings is 1. The molecule has 1 aliphatic carbocycles. The van der Waals surface area contributed by atoms with Gasteiger partial charge in [0.1, 0.15) is 11.8 Å². The third-order valence-corrected chi connectivity index (χ3v) is 3.78. The summed E-state index contributed by atoms with van der Waals surface area (Å²) in [7, 11) is 0. The second-order valence-electron chi connectivity index (χ2n) is 4.86. The highest BCUT2D eigenvalue weighted by Gasteiger charge is 2.60. The molecule has 1 aliphatic heterocycles. The van der Waals surface area contributed by atoms with Crippen LogP contribution in [0.3, 0.4) is 0 Å². The summed E-state index contributed by atoms with van der Waals surface area (Å²) in [5.74, 6) is -0.0605. The summed E-state index contributed by atoms with van der Waals surface area (Å²) in [4.78, 5) is 30.3. The molecule has 0 N–H and O–H groups in total. The van der Waals surface area contributed by atoms with Crippen LogP contribution in [0.1, 0.15) is 39.4 Å². The van der Waals surface area contributed by atoms with Gasteiger partial charge in [-0.3, -0.25) is 14.5 Å². The molecule has 1 saturated carbocycles. The molecule has 1 aromatic carbocycles. The van der Waals surface area contributed by atoms with Crippen LogP contribution in [-0.4, -0.2) is 21.7 Å². The molecular weight excluding hydrogens is 244 g/mol.